The van der Waals surface area contributed by atoms with Gasteiger partial charge in [-0.2, -0.15) is 0 Å². The molecule has 0 aromatic carbocycles. The Bertz CT molecular complexity index is 308. The van der Waals surface area contributed by atoms with Crippen LogP contribution >= 0.6 is 21.2 Å². The molecule has 0 spiro atoms. The number of nitrogens with two attached hydrogens (primary N) is 1. The fourth-order valence-electron chi connectivity index (χ4n) is 0.454. The van der Waals surface area contributed by atoms with Crippen LogP contribution < -0.4 is 11.4 Å². The van der Waals surface area contributed by atoms with Crippen molar-refractivity contribution in [1.82, 2.24) is 9.97 Å². The van der Waals surface area contributed by atoms with E-state index in [1.54, 1.807) is 0 Å². The maximum absolute atomic E-state index is 10.4. The second kappa shape index (κ2) is 2.86. The molecule has 5 nitrogen and oxygen atoms in total. The van der Waals surface area contributed by atoms with Crippen molar-refractivity contribution in [1.29, 1.82) is 0 Å². The molecule has 1 aromatic heterocycles. The number of halogens is 1. The van der Waals surface area contributed by atoms with E-state index >= 15 is 0 Å². The molecule has 6 heteroatoms. The zero-order valence-electron chi connectivity index (χ0n) is 4.80. The summed E-state index contributed by atoms with van der Waals surface area (Å²) in [6.45, 7) is 0. The lowest BCUT2D eigenvalue weighted by Crippen LogP contribution is -2.12. The number of aromatic nitrogens is 2. The third kappa shape index (κ3) is 1.38. The lowest BCUT2D eigenvalue weighted by molar-refractivity contribution is 0.648. The van der Waals surface area contributed by atoms with Gasteiger partial charge in [-0.15, -0.1) is 0 Å². The molecule has 54 valence electrons. The van der Waals surface area contributed by atoms with Crippen molar-refractivity contribution in [2.24, 2.45) is 0 Å². The van der Waals surface area contributed by atoms with E-state index in [1.165, 1.54) is 6.20 Å². The molecule has 3 N–H and O–H groups in total. The molecule has 0 unspecified atom stereocenters. The monoisotopic (exact) mass is 253 g/mol. The Balaban J connectivity index is 3.32. The van der Waals surface area contributed by atoms with Crippen LogP contribution in [0.25, 0.3) is 0 Å². The van der Waals surface area contributed by atoms with Gasteiger partial charge in [-0.1, -0.05) is 0 Å². The minimum absolute atomic E-state index is 0.155. The molecule has 0 saturated heterocycles. The molecule has 10 heavy (non-hydrogen) atoms. The largest absolute Gasteiger partial charge is 0.384 e. The Kier molecular flexibility index (Phi) is 2.10. The summed E-state index contributed by atoms with van der Waals surface area (Å²) >= 11 is -1.33. The van der Waals surface area contributed by atoms with Crippen LogP contribution in [0.2, 0.25) is 0 Å². The predicted molar refractivity (Wildman–Crippen MR) is 42.7 cm³/mol. The number of rotatable bonds is 1. The normalized spacial score (nSPS) is 9.60. The Morgan fingerprint density at radius 1 is 1.70 bits per heavy atom. The first-order chi connectivity index (χ1) is 4.74. The topological polar surface area (TPSA) is 88.8 Å². The number of aromatic amines is 1. The SMILES string of the molecule is Nc1[nH]c(=O)ncc1I=O. The maximum Gasteiger partial charge on any atom is 0.346 e. The molecule has 0 saturated carbocycles. The van der Waals surface area contributed by atoms with E-state index < -0.39 is 26.9 Å². The smallest absolute Gasteiger partial charge is 0.346 e. The molecule has 0 bridgehead atoms. The Hall–Kier alpha value is -0.790. The quantitative estimate of drug-likeness (QED) is 0.680. The van der Waals surface area contributed by atoms with Gasteiger partial charge in [0.2, 0.25) is 0 Å². The van der Waals surface area contributed by atoms with Gasteiger partial charge in [0.25, 0.3) is 0 Å². The van der Waals surface area contributed by atoms with Gasteiger partial charge in [0.1, 0.15) is 9.39 Å². The zero-order valence-corrected chi connectivity index (χ0v) is 6.95. The van der Waals surface area contributed by atoms with Gasteiger partial charge in [0.05, 0.1) is 6.20 Å². The van der Waals surface area contributed by atoms with E-state index in [4.69, 9.17) is 5.73 Å². The van der Waals surface area contributed by atoms with E-state index in [9.17, 15) is 7.86 Å². The fourth-order valence-corrected chi connectivity index (χ4v) is 1.08. The number of nitrogens with zero attached hydrogens (tertiary/aromatic N) is 1. The van der Waals surface area contributed by atoms with Gasteiger partial charge in [0.15, 0.2) is 21.2 Å². The van der Waals surface area contributed by atoms with Crippen molar-refractivity contribution < 1.29 is 3.07 Å². The van der Waals surface area contributed by atoms with Gasteiger partial charge in [-0.3, -0.25) is 8.05 Å². The standard InChI is InChI=1S/C4H4IN3O2/c6-3-2(5-10)1-7-4(9)8-3/h1H,(H3,6,7,8,9). The molecular formula is C4H4IN3O2. The summed E-state index contributed by atoms with van der Waals surface area (Å²) in [6, 6.07) is 0. The molecule has 0 radical (unpaired) electrons. The second-order valence-electron chi connectivity index (χ2n) is 1.53. The Morgan fingerprint density at radius 2 is 2.40 bits per heavy atom. The lowest BCUT2D eigenvalue weighted by Gasteiger charge is -1.91. The molecule has 0 aliphatic heterocycles. The molecule has 0 fully saturated rings. The van der Waals surface area contributed by atoms with E-state index in [2.05, 4.69) is 9.97 Å². The third-order valence-electron chi connectivity index (χ3n) is 0.877. The summed E-state index contributed by atoms with van der Waals surface area (Å²) in [7, 11) is 0. The highest BCUT2D eigenvalue weighted by atomic mass is 127. The van der Waals surface area contributed by atoms with Crippen molar-refractivity contribution in [2.75, 3.05) is 5.73 Å². The van der Waals surface area contributed by atoms with E-state index in [0.29, 0.717) is 3.57 Å². The van der Waals surface area contributed by atoms with Crippen LogP contribution in [-0.4, -0.2) is 9.97 Å². The summed E-state index contributed by atoms with van der Waals surface area (Å²) in [5.74, 6) is 0.155. The summed E-state index contributed by atoms with van der Waals surface area (Å²) in [5.41, 5.74) is 4.75. The number of anilines is 1. The molecule has 0 amide bonds. The van der Waals surface area contributed by atoms with Crippen LogP contribution in [0.1, 0.15) is 0 Å². The maximum atomic E-state index is 10.4. The van der Waals surface area contributed by atoms with E-state index in [-0.39, 0.29) is 5.82 Å². The van der Waals surface area contributed by atoms with Crippen molar-refractivity contribution in [3.63, 3.8) is 0 Å². The van der Waals surface area contributed by atoms with Gasteiger partial charge in [0, 0.05) is 0 Å². The van der Waals surface area contributed by atoms with Gasteiger partial charge in [-0.25, -0.2) is 9.78 Å². The first-order valence-corrected chi connectivity index (χ1v) is 4.32. The predicted octanol–water partition coefficient (Wildman–Crippen LogP) is -0.162. The Labute approximate surface area is 66.3 Å². The molecular weight excluding hydrogens is 249 g/mol. The number of nitrogens with one attached hydrogen (secondary N) is 1. The average Bonchev–Trinajstić information content (AvgIpc) is 1.88. The van der Waals surface area contributed by atoms with Crippen LogP contribution in [0.4, 0.5) is 5.82 Å². The third-order valence-corrected chi connectivity index (χ3v) is 2.21. The van der Waals surface area contributed by atoms with E-state index in [0.717, 1.165) is 0 Å². The highest BCUT2D eigenvalue weighted by Gasteiger charge is 1.97. The second-order valence-corrected chi connectivity index (χ2v) is 3.13. The first-order valence-electron chi connectivity index (χ1n) is 2.36. The minimum atomic E-state index is -1.33. The number of hydrogen-bond acceptors (Lipinski definition) is 4. The Morgan fingerprint density at radius 3 is 2.90 bits per heavy atom. The van der Waals surface area contributed by atoms with E-state index in [1.807, 2.05) is 0 Å². The van der Waals surface area contributed by atoms with Gasteiger partial charge in [-0.05, 0) is 0 Å². The van der Waals surface area contributed by atoms with Crippen molar-refractivity contribution in [3.8, 4) is 0 Å². The van der Waals surface area contributed by atoms with Gasteiger partial charge < -0.3 is 5.73 Å². The van der Waals surface area contributed by atoms with Gasteiger partial charge >= 0.3 is 5.69 Å². The first kappa shape index (κ1) is 7.32. The van der Waals surface area contributed by atoms with Crippen molar-refractivity contribution in [2.45, 2.75) is 0 Å². The molecule has 0 atom stereocenters. The molecule has 1 rings (SSSR count). The summed E-state index contributed by atoms with van der Waals surface area (Å²) in [6.07, 6.45) is 1.23. The molecule has 1 aromatic rings. The number of H-pyrrole nitrogens is 1. The zero-order chi connectivity index (χ0) is 7.56. The van der Waals surface area contributed by atoms with Crippen molar-refractivity contribution >= 4 is 27.0 Å². The van der Waals surface area contributed by atoms with Crippen LogP contribution in [0, 0.1) is 3.57 Å². The summed E-state index contributed by atoms with van der Waals surface area (Å²) in [4.78, 5) is 16.0. The van der Waals surface area contributed by atoms with Crippen LogP contribution in [-0.2, 0) is 3.07 Å². The highest BCUT2D eigenvalue weighted by molar-refractivity contribution is 14.1. The van der Waals surface area contributed by atoms with Crippen molar-refractivity contribution in [3.05, 3.63) is 20.3 Å². The molecule has 1 heterocycles. The van der Waals surface area contributed by atoms with Crippen LogP contribution in [0.5, 0.6) is 0 Å². The number of hydrogen-bond donors (Lipinski definition) is 2. The summed E-state index contributed by atoms with van der Waals surface area (Å²) in [5, 5.41) is 0. The molecule has 0 aliphatic rings. The fraction of sp³-hybridized carbons (Fsp3) is 0. The average molecular weight is 253 g/mol. The highest BCUT2D eigenvalue weighted by Crippen LogP contribution is 2.11. The summed E-state index contributed by atoms with van der Waals surface area (Å²) < 4.78 is 10.8. The number of nitrogen functional groups attached to an aromatic ring is 1. The van der Waals surface area contributed by atoms with Crippen LogP contribution in [0.3, 0.4) is 0 Å². The van der Waals surface area contributed by atoms with Crippen LogP contribution in [0.15, 0.2) is 11.0 Å². The molecule has 0 aliphatic carbocycles. The lowest BCUT2D eigenvalue weighted by atomic mass is 10.6. The minimum Gasteiger partial charge on any atom is -0.384 e.